The van der Waals surface area contributed by atoms with Crippen LogP contribution >= 0.6 is 11.8 Å². The van der Waals surface area contributed by atoms with Crippen LogP contribution in [0.1, 0.15) is 90.7 Å². The smallest absolute Gasteiger partial charge is 0.305 e. The number of thioether (sulfide) groups is 1. The molecule has 52 heavy (non-hydrogen) atoms. The second-order valence-corrected chi connectivity index (χ2v) is 16.2. The Morgan fingerprint density at radius 2 is 1.62 bits per heavy atom. The van der Waals surface area contributed by atoms with Crippen LogP contribution in [0.2, 0.25) is 0 Å². The summed E-state index contributed by atoms with van der Waals surface area (Å²) in [5.74, 6) is -2.02. The lowest BCUT2D eigenvalue weighted by Gasteiger charge is -2.37. The highest BCUT2D eigenvalue weighted by molar-refractivity contribution is 7.98. The van der Waals surface area contributed by atoms with Crippen LogP contribution in [0.4, 0.5) is 11.4 Å². The van der Waals surface area contributed by atoms with E-state index in [1.54, 1.807) is 44.2 Å². The number of amides is 2. The van der Waals surface area contributed by atoms with Crippen LogP contribution < -0.4 is 25.0 Å². The minimum absolute atomic E-state index is 0.0539. The predicted octanol–water partition coefficient (Wildman–Crippen LogP) is 6.95. The highest BCUT2D eigenvalue weighted by Crippen LogP contribution is 2.44. The lowest BCUT2D eigenvalue weighted by molar-refractivity contribution is -0.139. The minimum Gasteiger partial charge on any atom is -0.483 e. The summed E-state index contributed by atoms with van der Waals surface area (Å²) in [6.07, 6.45) is 6.88. The first kappa shape index (κ1) is 40.7. The van der Waals surface area contributed by atoms with Crippen LogP contribution in [0, 0.1) is 0 Å². The van der Waals surface area contributed by atoms with Crippen molar-refractivity contribution >= 4 is 50.9 Å². The number of sulfonamides is 1. The monoisotopic (exact) mass is 752 g/mol. The molecule has 0 saturated carbocycles. The standard InChI is InChI=1S/C39H52N4O7S2/c1-6-9-21-39(22-10-7-2)27-43(29-19-15-12-16-20-29)30-23-32(51-5)31(24-33(30)52(48,49)42-39)50-26-34(44)40-36(28-17-13-11-14-18-28)37(47)41-38(4,8-3)25-35(45)46/h11-20,23-24,36,42H,6-10,21-22,25-27H2,1-5H3,(H,40,44)(H,41,47)(H,45,46). The Kier molecular flexibility index (Phi) is 14.2. The number of ether oxygens (including phenoxy) is 1. The van der Waals surface area contributed by atoms with Gasteiger partial charge >= 0.3 is 5.97 Å². The first-order chi connectivity index (χ1) is 24.8. The molecule has 3 aromatic carbocycles. The van der Waals surface area contributed by atoms with Crippen molar-refractivity contribution in [2.75, 3.05) is 24.3 Å². The van der Waals surface area contributed by atoms with Crippen LogP contribution in [-0.2, 0) is 24.4 Å². The number of hydrogen-bond acceptors (Lipinski definition) is 8. The van der Waals surface area contributed by atoms with Gasteiger partial charge in [-0.1, -0.05) is 95.0 Å². The van der Waals surface area contributed by atoms with E-state index >= 15 is 0 Å². The van der Waals surface area contributed by atoms with Crippen LogP contribution in [-0.4, -0.2) is 61.8 Å². The van der Waals surface area contributed by atoms with E-state index in [4.69, 9.17) is 4.74 Å². The van der Waals surface area contributed by atoms with Crippen molar-refractivity contribution in [2.45, 2.75) is 106 Å². The number of carbonyl (C=O) groups excluding carboxylic acids is 2. The van der Waals surface area contributed by atoms with E-state index in [-0.39, 0.29) is 17.1 Å². The maximum atomic E-state index is 14.3. The molecule has 1 aliphatic rings. The Bertz CT molecular complexity index is 1780. The zero-order valence-corrected chi connectivity index (χ0v) is 32.4. The number of benzene rings is 3. The lowest BCUT2D eigenvalue weighted by Crippen LogP contribution is -2.53. The predicted molar refractivity (Wildman–Crippen MR) is 206 cm³/mol. The fraction of sp³-hybridized carbons (Fsp3) is 0.462. The molecule has 2 unspecified atom stereocenters. The van der Waals surface area contributed by atoms with Crippen molar-refractivity contribution < 1.29 is 32.6 Å². The van der Waals surface area contributed by atoms with E-state index in [2.05, 4.69) is 34.1 Å². The molecule has 1 aliphatic heterocycles. The zero-order valence-electron chi connectivity index (χ0n) is 30.7. The number of anilines is 2. The Morgan fingerprint density at radius 1 is 1.00 bits per heavy atom. The first-order valence-corrected chi connectivity index (χ1v) is 20.6. The number of carboxylic acids is 1. The highest BCUT2D eigenvalue weighted by atomic mass is 32.2. The zero-order chi connectivity index (χ0) is 37.9. The van der Waals surface area contributed by atoms with Gasteiger partial charge < -0.3 is 25.4 Å². The summed E-state index contributed by atoms with van der Waals surface area (Å²) in [5, 5.41) is 15.0. The van der Waals surface area contributed by atoms with Crippen molar-refractivity contribution in [3.8, 4) is 5.75 Å². The van der Waals surface area contributed by atoms with Gasteiger partial charge in [0.25, 0.3) is 5.91 Å². The summed E-state index contributed by atoms with van der Waals surface area (Å²) in [6, 6.07) is 20.6. The number of carboxylic acid groups (broad SMARTS) is 1. The van der Waals surface area contributed by atoms with Gasteiger partial charge in [-0.25, -0.2) is 13.1 Å². The number of nitrogens with zero attached hydrogens (tertiary/aromatic N) is 1. The molecule has 0 aliphatic carbocycles. The number of para-hydroxylation sites is 1. The molecule has 4 N–H and O–H groups in total. The summed E-state index contributed by atoms with van der Waals surface area (Å²) in [5.41, 5.74) is 0.156. The molecule has 1 heterocycles. The average Bonchev–Trinajstić information content (AvgIpc) is 3.22. The van der Waals surface area contributed by atoms with E-state index in [0.717, 1.165) is 31.4 Å². The number of carbonyl (C=O) groups is 3. The molecular formula is C39H52N4O7S2. The topological polar surface area (TPSA) is 154 Å². The van der Waals surface area contributed by atoms with Gasteiger partial charge in [-0.05, 0) is 56.2 Å². The van der Waals surface area contributed by atoms with Gasteiger partial charge in [0.15, 0.2) is 6.61 Å². The molecule has 13 heteroatoms. The maximum absolute atomic E-state index is 14.3. The SMILES string of the molecule is CCCCC1(CCCC)CN(c2ccccc2)c2cc(SC)c(OCC(=O)NC(C(=O)NC(C)(CC)CC(=O)O)c3ccccc3)cc2S(=O)(=O)N1. The third-order valence-electron chi connectivity index (χ3n) is 9.53. The Hall–Kier alpha value is -4.07. The second-order valence-electron chi connectivity index (χ2n) is 13.7. The molecule has 0 aromatic heterocycles. The number of hydrogen-bond donors (Lipinski definition) is 4. The Labute approximate surface area is 312 Å². The summed E-state index contributed by atoms with van der Waals surface area (Å²) in [7, 11) is -4.05. The maximum Gasteiger partial charge on any atom is 0.305 e. The fourth-order valence-electron chi connectivity index (χ4n) is 6.50. The van der Waals surface area contributed by atoms with E-state index in [9.17, 15) is 27.9 Å². The highest BCUT2D eigenvalue weighted by Gasteiger charge is 2.42. The minimum atomic E-state index is -4.05. The van der Waals surface area contributed by atoms with Gasteiger partial charge in [-0.3, -0.25) is 14.4 Å². The molecule has 0 saturated heterocycles. The molecule has 282 valence electrons. The summed E-state index contributed by atoms with van der Waals surface area (Å²) >= 11 is 1.37. The molecule has 0 bridgehead atoms. The average molecular weight is 753 g/mol. The summed E-state index contributed by atoms with van der Waals surface area (Å²) in [4.78, 5) is 41.3. The number of nitrogens with one attached hydrogen (secondary N) is 3. The normalized spacial score (nSPS) is 16.4. The van der Waals surface area contributed by atoms with E-state index in [1.807, 2.05) is 42.7 Å². The van der Waals surface area contributed by atoms with Gasteiger partial charge in [0.2, 0.25) is 15.9 Å². The molecule has 0 spiro atoms. The van der Waals surface area contributed by atoms with Crippen molar-refractivity contribution in [2.24, 2.45) is 0 Å². The largest absolute Gasteiger partial charge is 0.483 e. The van der Waals surface area contributed by atoms with Gasteiger partial charge in [0.05, 0.1) is 22.5 Å². The third kappa shape index (κ3) is 10.3. The van der Waals surface area contributed by atoms with Gasteiger partial charge in [0.1, 0.15) is 16.7 Å². The molecule has 11 nitrogen and oxygen atoms in total. The van der Waals surface area contributed by atoms with Crippen molar-refractivity contribution in [1.29, 1.82) is 0 Å². The molecule has 0 fully saturated rings. The van der Waals surface area contributed by atoms with Crippen molar-refractivity contribution in [3.63, 3.8) is 0 Å². The second kappa shape index (κ2) is 18.1. The van der Waals surface area contributed by atoms with Crippen LogP contribution in [0.15, 0.2) is 82.6 Å². The Balaban J connectivity index is 1.67. The molecule has 2 amide bonds. The summed E-state index contributed by atoms with van der Waals surface area (Å²) in [6.45, 7) is 7.57. The lowest BCUT2D eigenvalue weighted by atomic mass is 9.87. The molecular weight excluding hydrogens is 701 g/mol. The molecule has 2 atom stereocenters. The van der Waals surface area contributed by atoms with E-state index < -0.39 is 51.5 Å². The Morgan fingerprint density at radius 3 is 2.17 bits per heavy atom. The van der Waals surface area contributed by atoms with E-state index in [0.29, 0.717) is 42.0 Å². The van der Waals surface area contributed by atoms with Crippen molar-refractivity contribution in [3.05, 3.63) is 78.4 Å². The number of fused-ring (bicyclic) bond motifs is 1. The van der Waals surface area contributed by atoms with E-state index in [1.165, 1.54) is 17.8 Å². The summed E-state index contributed by atoms with van der Waals surface area (Å²) < 4.78 is 37.8. The van der Waals surface area contributed by atoms with Gasteiger partial charge in [-0.15, -0.1) is 11.8 Å². The van der Waals surface area contributed by atoms with Gasteiger partial charge in [0, 0.05) is 23.8 Å². The van der Waals surface area contributed by atoms with Gasteiger partial charge in [-0.2, -0.15) is 0 Å². The van der Waals surface area contributed by atoms with Crippen LogP contribution in [0.3, 0.4) is 0 Å². The van der Waals surface area contributed by atoms with Crippen molar-refractivity contribution in [1.82, 2.24) is 15.4 Å². The third-order valence-corrected chi connectivity index (χ3v) is 11.9. The van der Waals surface area contributed by atoms with Crippen LogP contribution in [0.5, 0.6) is 5.75 Å². The molecule has 4 rings (SSSR count). The fourth-order valence-corrected chi connectivity index (χ4v) is 8.70. The number of unbranched alkanes of at least 4 members (excludes halogenated alkanes) is 2. The number of rotatable bonds is 18. The number of aliphatic carboxylic acids is 1. The first-order valence-electron chi connectivity index (χ1n) is 17.9. The molecule has 3 aromatic rings. The molecule has 0 radical (unpaired) electrons. The van der Waals surface area contributed by atoms with Crippen LogP contribution in [0.25, 0.3) is 0 Å². The quantitative estimate of drug-likeness (QED) is 0.101.